The van der Waals surface area contributed by atoms with Crippen LogP contribution in [0.3, 0.4) is 0 Å². The van der Waals surface area contributed by atoms with Crippen LogP contribution in [0.2, 0.25) is 0 Å². The molecular formula is C31H35F3N6O3S. The van der Waals surface area contributed by atoms with Gasteiger partial charge in [0.1, 0.15) is 33.9 Å². The van der Waals surface area contributed by atoms with Crippen LogP contribution in [0.1, 0.15) is 57.1 Å². The van der Waals surface area contributed by atoms with Gasteiger partial charge in [0.2, 0.25) is 0 Å². The average Bonchev–Trinajstić information content (AvgIpc) is 3.36. The zero-order chi connectivity index (χ0) is 31.3. The molecule has 0 atom stereocenters. The Morgan fingerprint density at radius 2 is 1.73 bits per heavy atom. The fourth-order valence-electron chi connectivity index (χ4n) is 6.30. The van der Waals surface area contributed by atoms with Gasteiger partial charge in [0.15, 0.2) is 0 Å². The van der Waals surface area contributed by atoms with E-state index in [0.717, 1.165) is 74.2 Å². The molecule has 13 heteroatoms. The van der Waals surface area contributed by atoms with Crippen LogP contribution in [0.15, 0.2) is 47.5 Å². The van der Waals surface area contributed by atoms with E-state index < -0.39 is 38.1 Å². The number of nitrogen functional groups attached to an aromatic ring is 1. The van der Waals surface area contributed by atoms with Crippen LogP contribution < -0.4 is 10.5 Å². The van der Waals surface area contributed by atoms with Gasteiger partial charge in [0, 0.05) is 29.9 Å². The molecule has 9 nitrogen and oxygen atoms in total. The Kier molecular flexibility index (Phi) is 8.05. The molecule has 3 N–H and O–H groups in total. The molecule has 2 aliphatic rings. The second-order valence-corrected chi connectivity index (χ2v) is 13.6. The Bertz CT molecular complexity index is 1820. The van der Waals surface area contributed by atoms with E-state index in [4.69, 9.17) is 15.6 Å². The van der Waals surface area contributed by atoms with Crippen molar-refractivity contribution in [2.24, 2.45) is 0 Å². The van der Waals surface area contributed by atoms with E-state index in [-0.39, 0.29) is 29.0 Å². The number of sulfonamides is 1. The molecule has 234 valence electrons. The Morgan fingerprint density at radius 1 is 1.02 bits per heavy atom. The van der Waals surface area contributed by atoms with Crippen LogP contribution in [0, 0.1) is 17.5 Å². The molecule has 0 bridgehead atoms. The number of ether oxygens (including phenoxy) is 1. The van der Waals surface area contributed by atoms with Crippen LogP contribution in [-0.2, 0) is 14.8 Å². The number of pyridine rings is 1. The molecule has 6 rings (SSSR count). The van der Waals surface area contributed by atoms with Crippen LogP contribution in [0.25, 0.3) is 22.2 Å². The zero-order valence-electron chi connectivity index (χ0n) is 24.7. The summed E-state index contributed by atoms with van der Waals surface area (Å²) in [5.41, 5.74) is 7.32. The maximum atomic E-state index is 15.7. The summed E-state index contributed by atoms with van der Waals surface area (Å²) in [4.78, 5) is 6.20. The molecule has 0 unspecified atom stereocenters. The standard InChI is InChI=1S/C31H35F3N6O3S/c1-17(2)40-30-22(18-8-10-19(11-9-18)39(3)20-15-43-16-20)14-36-31(35)28(30)29(37-40)21-12-25(34)26(13-24(21)33)38-44(41,42)27-7-5-4-6-23(27)32/h4-7,12-14,17-20,38H,8-11,15-16H2,1-3H3,(H2,35,36). The van der Waals surface area contributed by atoms with E-state index in [2.05, 4.69) is 16.9 Å². The number of nitrogens with two attached hydrogens (primary N) is 1. The minimum atomic E-state index is -4.53. The van der Waals surface area contributed by atoms with Gasteiger partial charge in [-0.1, -0.05) is 12.1 Å². The summed E-state index contributed by atoms with van der Waals surface area (Å²) in [5, 5.41) is 5.12. The van der Waals surface area contributed by atoms with Crippen molar-refractivity contribution in [3.05, 3.63) is 65.6 Å². The number of anilines is 2. The van der Waals surface area contributed by atoms with Gasteiger partial charge < -0.3 is 10.5 Å². The highest BCUT2D eigenvalue weighted by atomic mass is 32.2. The first-order valence-electron chi connectivity index (χ1n) is 14.7. The summed E-state index contributed by atoms with van der Waals surface area (Å²) < 4.78 is 79.9. The summed E-state index contributed by atoms with van der Waals surface area (Å²) >= 11 is 0. The van der Waals surface area contributed by atoms with Crippen molar-refractivity contribution in [1.29, 1.82) is 0 Å². The number of nitrogens with one attached hydrogen (secondary N) is 1. The molecular weight excluding hydrogens is 593 g/mol. The second-order valence-electron chi connectivity index (χ2n) is 11.9. The summed E-state index contributed by atoms with van der Waals surface area (Å²) in [6.45, 7) is 5.43. The molecule has 1 saturated heterocycles. The smallest absolute Gasteiger partial charge is 0.264 e. The maximum Gasteiger partial charge on any atom is 0.264 e. The van der Waals surface area contributed by atoms with Gasteiger partial charge in [-0.3, -0.25) is 14.3 Å². The van der Waals surface area contributed by atoms with E-state index in [9.17, 15) is 12.8 Å². The summed E-state index contributed by atoms with van der Waals surface area (Å²) in [7, 11) is -2.37. The van der Waals surface area contributed by atoms with Crippen molar-refractivity contribution in [2.75, 3.05) is 30.7 Å². The lowest BCUT2D eigenvalue weighted by Crippen LogP contribution is -2.52. The van der Waals surface area contributed by atoms with E-state index in [0.29, 0.717) is 17.5 Å². The van der Waals surface area contributed by atoms with E-state index in [1.165, 1.54) is 12.1 Å². The number of rotatable bonds is 8. The Hall–Kier alpha value is -3.68. The SMILES string of the molecule is CC(C)n1nc(-c2cc(F)c(NS(=O)(=O)c3ccccc3F)cc2F)c2c(N)ncc(C3CCC(N(C)C4COC4)CC3)c21. The third kappa shape index (κ3) is 5.41. The molecule has 1 aliphatic carbocycles. The number of benzene rings is 2. The molecule has 3 heterocycles. The molecule has 4 aromatic rings. The predicted molar refractivity (Wildman–Crippen MR) is 162 cm³/mol. The summed E-state index contributed by atoms with van der Waals surface area (Å²) in [6.07, 6.45) is 5.66. The third-order valence-corrected chi connectivity index (χ3v) is 10.3. The molecule has 0 spiro atoms. The number of aromatic nitrogens is 3. The lowest BCUT2D eigenvalue weighted by atomic mass is 9.80. The molecule has 2 aromatic heterocycles. The van der Waals surface area contributed by atoms with Crippen LogP contribution in [0.5, 0.6) is 0 Å². The first kappa shape index (κ1) is 30.4. The first-order chi connectivity index (χ1) is 21.0. The minimum Gasteiger partial charge on any atom is -0.383 e. The number of hydrogen-bond donors (Lipinski definition) is 2. The number of hydrogen-bond acceptors (Lipinski definition) is 7. The Labute approximate surface area is 254 Å². The molecule has 1 saturated carbocycles. The highest BCUT2D eigenvalue weighted by Gasteiger charge is 2.34. The van der Waals surface area contributed by atoms with Gasteiger partial charge in [-0.25, -0.2) is 26.6 Å². The molecule has 2 aromatic carbocycles. The summed E-state index contributed by atoms with van der Waals surface area (Å²) in [5.74, 6) is -2.69. The van der Waals surface area contributed by atoms with Gasteiger partial charge in [0.05, 0.1) is 35.8 Å². The first-order valence-corrected chi connectivity index (χ1v) is 16.2. The average molecular weight is 629 g/mol. The molecule has 0 radical (unpaired) electrons. The normalized spacial score (nSPS) is 19.5. The number of nitrogens with zero attached hydrogens (tertiary/aromatic N) is 4. The van der Waals surface area contributed by atoms with Crippen molar-refractivity contribution < 1.29 is 26.3 Å². The van der Waals surface area contributed by atoms with Crippen LogP contribution in [-0.4, -0.2) is 60.4 Å². The van der Waals surface area contributed by atoms with Crippen molar-refractivity contribution >= 4 is 32.4 Å². The Morgan fingerprint density at radius 3 is 2.36 bits per heavy atom. The topological polar surface area (TPSA) is 115 Å². The summed E-state index contributed by atoms with van der Waals surface area (Å²) in [6, 6.07) is 7.05. The molecule has 44 heavy (non-hydrogen) atoms. The predicted octanol–water partition coefficient (Wildman–Crippen LogP) is 5.84. The minimum absolute atomic E-state index is 0.110. The van der Waals surface area contributed by atoms with Crippen molar-refractivity contribution in [2.45, 2.75) is 68.5 Å². The monoisotopic (exact) mass is 628 g/mol. The highest BCUT2D eigenvalue weighted by molar-refractivity contribution is 7.92. The number of fused-ring (bicyclic) bond motifs is 1. The number of likely N-dealkylation sites (N-methyl/N-ethyl adjacent to an activating group) is 1. The van der Waals surface area contributed by atoms with Crippen molar-refractivity contribution in [3.63, 3.8) is 0 Å². The Balaban J connectivity index is 1.36. The van der Waals surface area contributed by atoms with Gasteiger partial charge in [-0.05, 0) is 76.3 Å². The fourth-order valence-corrected chi connectivity index (χ4v) is 7.44. The highest BCUT2D eigenvalue weighted by Crippen LogP contribution is 2.43. The lowest BCUT2D eigenvalue weighted by molar-refractivity contribution is -0.0738. The zero-order valence-corrected chi connectivity index (χ0v) is 25.5. The van der Waals surface area contributed by atoms with E-state index >= 15 is 8.78 Å². The maximum absolute atomic E-state index is 15.7. The van der Waals surface area contributed by atoms with Crippen LogP contribution >= 0.6 is 0 Å². The van der Waals surface area contributed by atoms with Crippen molar-refractivity contribution in [3.8, 4) is 11.3 Å². The van der Waals surface area contributed by atoms with Gasteiger partial charge in [0.25, 0.3) is 10.0 Å². The fraction of sp³-hybridized carbons (Fsp3) is 0.419. The quantitative estimate of drug-likeness (QED) is 0.252. The van der Waals surface area contributed by atoms with Gasteiger partial charge >= 0.3 is 0 Å². The van der Waals surface area contributed by atoms with Gasteiger partial charge in [-0.15, -0.1) is 0 Å². The van der Waals surface area contributed by atoms with E-state index in [1.54, 1.807) is 10.9 Å². The third-order valence-electron chi connectivity index (χ3n) is 8.86. The van der Waals surface area contributed by atoms with E-state index in [1.807, 2.05) is 18.6 Å². The molecule has 2 fully saturated rings. The number of halogens is 3. The van der Waals surface area contributed by atoms with Crippen LogP contribution in [0.4, 0.5) is 24.7 Å². The molecule has 1 aliphatic heterocycles. The second kappa shape index (κ2) is 11.7. The van der Waals surface area contributed by atoms with Gasteiger partial charge in [-0.2, -0.15) is 5.10 Å². The largest absolute Gasteiger partial charge is 0.383 e. The van der Waals surface area contributed by atoms with Crippen molar-refractivity contribution in [1.82, 2.24) is 19.7 Å². The molecule has 0 amide bonds. The lowest BCUT2D eigenvalue weighted by Gasteiger charge is -2.42.